The molecule has 1 atom stereocenters. The van der Waals surface area contributed by atoms with Gasteiger partial charge in [0.1, 0.15) is 5.76 Å². The fourth-order valence-corrected chi connectivity index (χ4v) is 4.58. The van der Waals surface area contributed by atoms with Crippen LogP contribution in [0.1, 0.15) is 35.5 Å². The Kier molecular flexibility index (Phi) is 7.88. The summed E-state index contributed by atoms with van der Waals surface area (Å²) in [4.78, 5) is 15.2. The smallest absolute Gasteiger partial charge is 0.251 e. The number of ether oxygens (including phenoxy) is 1. The number of furan rings is 1. The number of amides is 1. The number of sulfonamides is 1. The van der Waals surface area contributed by atoms with E-state index < -0.39 is 10.0 Å². The third kappa shape index (κ3) is 6.64. The highest BCUT2D eigenvalue weighted by Gasteiger charge is 2.23. The standard InChI is InChI=1S/C22H31N3O5S/c1-16(2)14-25-8-10-30-19(15-25)12-23-22(26)21-11-20(7-6-17(21)3)31(27,28)24-13-18-5-4-9-29-18/h4-7,9,11,16,19,24H,8,10,12-15H2,1-3H3,(H,23,26). The van der Waals surface area contributed by atoms with E-state index in [9.17, 15) is 13.2 Å². The number of aryl methyl sites for hydroxylation is 1. The topological polar surface area (TPSA) is 101 Å². The SMILES string of the molecule is Cc1ccc(S(=O)(=O)NCc2ccco2)cc1C(=O)NCC1CN(CC(C)C)CCO1. The Morgan fingerprint density at radius 1 is 1.29 bits per heavy atom. The van der Waals surface area contributed by atoms with Gasteiger partial charge in [0.2, 0.25) is 10.0 Å². The first-order valence-electron chi connectivity index (χ1n) is 10.5. The molecular formula is C22H31N3O5S. The van der Waals surface area contributed by atoms with Gasteiger partial charge in [-0.2, -0.15) is 0 Å². The molecule has 1 amide bonds. The number of nitrogens with zero attached hydrogens (tertiary/aromatic N) is 1. The van der Waals surface area contributed by atoms with Crippen LogP contribution in [0.4, 0.5) is 0 Å². The van der Waals surface area contributed by atoms with E-state index in [0.29, 0.717) is 36.0 Å². The van der Waals surface area contributed by atoms with Crippen molar-refractivity contribution in [3.8, 4) is 0 Å². The molecule has 1 unspecified atom stereocenters. The molecule has 0 saturated carbocycles. The number of hydrogen-bond acceptors (Lipinski definition) is 6. The Bertz CT molecular complexity index is 973. The van der Waals surface area contributed by atoms with Gasteiger partial charge in [0.25, 0.3) is 5.91 Å². The third-order valence-electron chi connectivity index (χ3n) is 5.12. The Labute approximate surface area is 184 Å². The van der Waals surface area contributed by atoms with Crippen molar-refractivity contribution in [1.29, 1.82) is 0 Å². The summed E-state index contributed by atoms with van der Waals surface area (Å²) in [7, 11) is -3.78. The molecule has 1 aromatic heterocycles. The number of rotatable bonds is 9. The quantitative estimate of drug-likeness (QED) is 0.608. The second-order valence-electron chi connectivity index (χ2n) is 8.24. The molecule has 1 fully saturated rings. The third-order valence-corrected chi connectivity index (χ3v) is 6.52. The summed E-state index contributed by atoms with van der Waals surface area (Å²) in [5.74, 6) is 0.764. The molecule has 1 saturated heterocycles. The lowest BCUT2D eigenvalue weighted by atomic mass is 10.1. The maximum atomic E-state index is 12.8. The van der Waals surface area contributed by atoms with Crippen molar-refractivity contribution in [2.75, 3.05) is 32.8 Å². The Hall–Kier alpha value is -2.20. The summed E-state index contributed by atoms with van der Waals surface area (Å²) in [6.45, 7) is 9.85. The summed E-state index contributed by atoms with van der Waals surface area (Å²) in [6.07, 6.45) is 1.40. The van der Waals surface area contributed by atoms with Gasteiger partial charge in [0.05, 0.1) is 30.4 Å². The average Bonchev–Trinajstić information content (AvgIpc) is 3.24. The van der Waals surface area contributed by atoms with E-state index in [1.54, 1.807) is 25.1 Å². The minimum atomic E-state index is -3.78. The first kappa shape index (κ1) is 23.5. The number of carbonyl (C=O) groups is 1. The number of carbonyl (C=O) groups excluding carboxylic acids is 1. The second-order valence-corrected chi connectivity index (χ2v) is 10.0. The molecule has 1 aliphatic heterocycles. The van der Waals surface area contributed by atoms with Gasteiger partial charge >= 0.3 is 0 Å². The fraction of sp³-hybridized carbons (Fsp3) is 0.500. The molecule has 170 valence electrons. The fourth-order valence-electron chi connectivity index (χ4n) is 3.56. The van der Waals surface area contributed by atoms with Gasteiger partial charge in [-0.15, -0.1) is 0 Å². The molecule has 2 aromatic rings. The molecule has 9 heteroatoms. The Balaban J connectivity index is 1.62. The highest BCUT2D eigenvalue weighted by molar-refractivity contribution is 7.89. The highest BCUT2D eigenvalue weighted by atomic mass is 32.2. The molecule has 2 heterocycles. The summed E-state index contributed by atoms with van der Waals surface area (Å²) >= 11 is 0. The zero-order chi connectivity index (χ0) is 22.4. The number of morpholine rings is 1. The van der Waals surface area contributed by atoms with Crippen molar-refractivity contribution in [1.82, 2.24) is 14.9 Å². The van der Waals surface area contributed by atoms with E-state index >= 15 is 0 Å². The van der Waals surface area contributed by atoms with Crippen LogP contribution in [0.5, 0.6) is 0 Å². The molecule has 8 nitrogen and oxygen atoms in total. The molecule has 0 bridgehead atoms. The number of nitrogens with one attached hydrogen (secondary N) is 2. The minimum absolute atomic E-state index is 0.0341. The molecule has 1 aliphatic rings. The van der Waals surface area contributed by atoms with Crippen LogP contribution in [0, 0.1) is 12.8 Å². The van der Waals surface area contributed by atoms with Crippen LogP contribution >= 0.6 is 0 Å². The van der Waals surface area contributed by atoms with Crippen LogP contribution in [0.3, 0.4) is 0 Å². The predicted octanol–water partition coefficient (Wildman–Crippen LogP) is 2.15. The maximum absolute atomic E-state index is 12.8. The normalized spacial score (nSPS) is 17.7. The predicted molar refractivity (Wildman–Crippen MR) is 117 cm³/mol. The van der Waals surface area contributed by atoms with E-state index in [-0.39, 0.29) is 23.5 Å². The van der Waals surface area contributed by atoms with Crippen LogP contribution in [0.15, 0.2) is 45.9 Å². The zero-order valence-electron chi connectivity index (χ0n) is 18.3. The lowest BCUT2D eigenvalue weighted by Crippen LogP contribution is -2.48. The summed E-state index contributed by atoms with van der Waals surface area (Å²) in [6, 6.07) is 7.91. The maximum Gasteiger partial charge on any atom is 0.251 e. The van der Waals surface area contributed by atoms with Crippen molar-refractivity contribution < 1.29 is 22.4 Å². The van der Waals surface area contributed by atoms with Gasteiger partial charge in [0, 0.05) is 31.7 Å². The minimum Gasteiger partial charge on any atom is -0.468 e. The Morgan fingerprint density at radius 2 is 2.10 bits per heavy atom. The number of hydrogen-bond donors (Lipinski definition) is 2. The molecule has 3 rings (SSSR count). The first-order chi connectivity index (χ1) is 14.7. The molecule has 2 N–H and O–H groups in total. The lowest BCUT2D eigenvalue weighted by molar-refractivity contribution is -0.0295. The zero-order valence-corrected chi connectivity index (χ0v) is 19.1. The average molecular weight is 450 g/mol. The van der Waals surface area contributed by atoms with E-state index in [1.165, 1.54) is 18.4 Å². The van der Waals surface area contributed by atoms with Crippen LogP contribution in [-0.4, -0.2) is 58.1 Å². The van der Waals surface area contributed by atoms with E-state index in [2.05, 4.69) is 28.8 Å². The van der Waals surface area contributed by atoms with Crippen molar-refractivity contribution in [3.63, 3.8) is 0 Å². The molecule has 0 radical (unpaired) electrons. The van der Waals surface area contributed by atoms with Gasteiger partial charge in [-0.25, -0.2) is 13.1 Å². The van der Waals surface area contributed by atoms with Crippen LogP contribution < -0.4 is 10.0 Å². The summed E-state index contributed by atoms with van der Waals surface area (Å²) in [5.41, 5.74) is 1.03. The lowest BCUT2D eigenvalue weighted by Gasteiger charge is -2.34. The van der Waals surface area contributed by atoms with Gasteiger partial charge in [0.15, 0.2) is 0 Å². The largest absolute Gasteiger partial charge is 0.468 e. The van der Waals surface area contributed by atoms with Gasteiger partial charge in [-0.1, -0.05) is 19.9 Å². The van der Waals surface area contributed by atoms with E-state index in [1.807, 2.05) is 0 Å². The van der Waals surface area contributed by atoms with Gasteiger partial charge < -0.3 is 14.5 Å². The monoisotopic (exact) mass is 449 g/mol. The van der Waals surface area contributed by atoms with Gasteiger partial charge in [-0.3, -0.25) is 9.69 Å². The molecule has 0 aliphatic carbocycles. The van der Waals surface area contributed by atoms with Crippen LogP contribution in [0.2, 0.25) is 0 Å². The van der Waals surface area contributed by atoms with Crippen LogP contribution in [-0.2, 0) is 21.3 Å². The molecular weight excluding hydrogens is 418 g/mol. The van der Waals surface area contributed by atoms with Crippen LogP contribution in [0.25, 0.3) is 0 Å². The Morgan fingerprint density at radius 3 is 2.81 bits per heavy atom. The highest BCUT2D eigenvalue weighted by Crippen LogP contribution is 2.17. The van der Waals surface area contributed by atoms with Crippen molar-refractivity contribution >= 4 is 15.9 Å². The van der Waals surface area contributed by atoms with Gasteiger partial charge in [-0.05, 0) is 42.7 Å². The van der Waals surface area contributed by atoms with Crippen molar-refractivity contribution in [2.24, 2.45) is 5.92 Å². The summed E-state index contributed by atoms with van der Waals surface area (Å²) in [5, 5.41) is 2.90. The molecule has 0 spiro atoms. The van der Waals surface area contributed by atoms with E-state index in [4.69, 9.17) is 9.15 Å². The first-order valence-corrected chi connectivity index (χ1v) is 12.0. The van der Waals surface area contributed by atoms with Crippen molar-refractivity contribution in [2.45, 2.75) is 38.3 Å². The van der Waals surface area contributed by atoms with E-state index in [0.717, 1.165) is 19.6 Å². The van der Waals surface area contributed by atoms with Crippen molar-refractivity contribution in [3.05, 3.63) is 53.5 Å². The second kappa shape index (κ2) is 10.4. The number of benzene rings is 1. The summed E-state index contributed by atoms with van der Waals surface area (Å²) < 4.78 is 38.7. The molecule has 1 aromatic carbocycles. The molecule has 31 heavy (non-hydrogen) atoms.